The Balaban J connectivity index is 2.16. The van der Waals surface area contributed by atoms with Crippen LogP contribution in [-0.4, -0.2) is 39.5 Å². The minimum atomic E-state index is -0.719. The summed E-state index contributed by atoms with van der Waals surface area (Å²) in [6, 6.07) is 5.27. The van der Waals surface area contributed by atoms with E-state index in [2.05, 4.69) is 15.4 Å². The Labute approximate surface area is 110 Å². The van der Waals surface area contributed by atoms with E-state index in [-0.39, 0.29) is 0 Å². The third-order valence-electron chi connectivity index (χ3n) is 2.72. The van der Waals surface area contributed by atoms with E-state index in [0.29, 0.717) is 29.3 Å². The van der Waals surface area contributed by atoms with Crippen molar-refractivity contribution in [1.82, 2.24) is 20.2 Å². The van der Waals surface area contributed by atoms with Crippen molar-refractivity contribution < 1.29 is 14.6 Å². The average molecular weight is 264 g/mol. The molecule has 0 aliphatic heterocycles. The van der Waals surface area contributed by atoms with E-state index in [9.17, 15) is 5.11 Å². The van der Waals surface area contributed by atoms with E-state index in [4.69, 9.17) is 9.47 Å². The van der Waals surface area contributed by atoms with Crippen LogP contribution in [0.5, 0.6) is 11.5 Å². The molecule has 0 aliphatic carbocycles. The number of hydrogen-bond donors (Lipinski definition) is 1. The monoisotopic (exact) mass is 264 g/mol. The van der Waals surface area contributed by atoms with Crippen molar-refractivity contribution in [1.29, 1.82) is 0 Å². The van der Waals surface area contributed by atoms with Crippen molar-refractivity contribution in [3.05, 3.63) is 29.6 Å². The summed E-state index contributed by atoms with van der Waals surface area (Å²) in [4.78, 5) is 1.36. The van der Waals surface area contributed by atoms with Gasteiger partial charge in [-0.25, -0.2) is 0 Å². The van der Waals surface area contributed by atoms with E-state index >= 15 is 0 Å². The molecule has 1 atom stereocenters. The van der Waals surface area contributed by atoms with Crippen LogP contribution in [0, 0.1) is 0 Å². The Morgan fingerprint density at radius 2 is 2.00 bits per heavy atom. The first kappa shape index (κ1) is 13.3. The molecule has 7 heteroatoms. The minimum absolute atomic E-state index is 0.295. The second-order valence-electron chi connectivity index (χ2n) is 4.03. The highest BCUT2D eigenvalue weighted by atomic mass is 16.5. The zero-order valence-electron chi connectivity index (χ0n) is 11.1. The van der Waals surface area contributed by atoms with Gasteiger partial charge in [-0.15, -0.1) is 10.2 Å². The Hall–Kier alpha value is -2.15. The van der Waals surface area contributed by atoms with Gasteiger partial charge in [0.25, 0.3) is 0 Å². The van der Waals surface area contributed by atoms with Crippen LogP contribution in [0.25, 0.3) is 0 Å². The summed E-state index contributed by atoms with van der Waals surface area (Å²) in [5.74, 6) is 1.69. The first-order valence-corrected chi connectivity index (χ1v) is 5.77. The molecular formula is C12H16N4O3. The number of aliphatic hydroxyl groups excluding tert-OH is 1. The van der Waals surface area contributed by atoms with Gasteiger partial charge in [-0.2, -0.15) is 4.80 Å². The summed E-state index contributed by atoms with van der Waals surface area (Å²) >= 11 is 0. The zero-order valence-corrected chi connectivity index (χ0v) is 11.1. The lowest BCUT2D eigenvalue weighted by Crippen LogP contribution is -2.04. The predicted molar refractivity (Wildman–Crippen MR) is 67.0 cm³/mol. The number of aromatic nitrogens is 4. The van der Waals surface area contributed by atoms with E-state index in [0.717, 1.165) is 0 Å². The van der Waals surface area contributed by atoms with E-state index in [1.807, 2.05) is 0 Å². The molecule has 19 heavy (non-hydrogen) atoms. The molecule has 0 amide bonds. The maximum absolute atomic E-state index is 10.2. The largest absolute Gasteiger partial charge is 0.493 e. The highest BCUT2D eigenvalue weighted by molar-refractivity contribution is 5.43. The topological polar surface area (TPSA) is 82.3 Å². The fourth-order valence-corrected chi connectivity index (χ4v) is 1.76. The third-order valence-corrected chi connectivity index (χ3v) is 2.72. The van der Waals surface area contributed by atoms with Crippen LogP contribution in [0.1, 0.15) is 17.5 Å². The number of aryl methyl sites for hydroxylation is 1. The summed E-state index contributed by atoms with van der Waals surface area (Å²) in [7, 11) is 4.80. The molecule has 0 fully saturated rings. The second-order valence-corrected chi connectivity index (χ2v) is 4.03. The lowest BCUT2D eigenvalue weighted by molar-refractivity contribution is 0.175. The first-order chi connectivity index (χ1) is 9.13. The quantitative estimate of drug-likeness (QED) is 0.847. The molecule has 2 aromatic rings. The molecule has 0 bridgehead atoms. The van der Waals surface area contributed by atoms with Gasteiger partial charge in [0, 0.05) is 6.42 Å². The van der Waals surface area contributed by atoms with Crippen LogP contribution >= 0.6 is 0 Å². The molecule has 0 aliphatic rings. The Morgan fingerprint density at radius 3 is 2.58 bits per heavy atom. The van der Waals surface area contributed by atoms with Gasteiger partial charge in [-0.1, -0.05) is 6.07 Å². The molecule has 7 nitrogen and oxygen atoms in total. The molecule has 1 unspecified atom stereocenters. The lowest BCUT2D eigenvalue weighted by Gasteiger charge is -2.12. The van der Waals surface area contributed by atoms with Crippen LogP contribution < -0.4 is 9.47 Å². The Kier molecular flexibility index (Phi) is 3.96. The number of rotatable bonds is 5. The highest BCUT2D eigenvalue weighted by Gasteiger charge is 2.14. The maximum atomic E-state index is 10.2. The first-order valence-electron chi connectivity index (χ1n) is 5.77. The number of aliphatic hydroxyl groups is 1. The molecule has 1 aromatic carbocycles. The maximum Gasteiger partial charge on any atom is 0.177 e. The van der Waals surface area contributed by atoms with Gasteiger partial charge < -0.3 is 14.6 Å². The molecule has 0 spiro atoms. The van der Waals surface area contributed by atoms with Crippen LogP contribution in [0.4, 0.5) is 0 Å². The van der Waals surface area contributed by atoms with Gasteiger partial charge in [0.05, 0.1) is 27.4 Å². The third kappa shape index (κ3) is 3.00. The van der Waals surface area contributed by atoms with Crippen molar-refractivity contribution in [2.24, 2.45) is 7.05 Å². The van der Waals surface area contributed by atoms with Crippen molar-refractivity contribution >= 4 is 0 Å². The normalized spacial score (nSPS) is 12.2. The molecule has 2 rings (SSSR count). The van der Waals surface area contributed by atoms with Gasteiger partial charge in [-0.05, 0) is 22.9 Å². The number of methoxy groups -OCH3 is 2. The number of hydrogen-bond acceptors (Lipinski definition) is 6. The SMILES string of the molecule is COc1ccc(C(O)Cc2nnn(C)n2)cc1OC. The number of tetrazole rings is 1. The smallest absolute Gasteiger partial charge is 0.177 e. The fraction of sp³-hybridized carbons (Fsp3) is 0.417. The number of benzene rings is 1. The fourth-order valence-electron chi connectivity index (χ4n) is 1.76. The minimum Gasteiger partial charge on any atom is -0.493 e. The number of ether oxygens (including phenoxy) is 2. The van der Waals surface area contributed by atoms with Gasteiger partial charge in [-0.3, -0.25) is 0 Å². The summed E-state index contributed by atoms with van der Waals surface area (Å²) in [6.07, 6.45) is -0.424. The van der Waals surface area contributed by atoms with Crippen molar-refractivity contribution in [2.45, 2.75) is 12.5 Å². The average Bonchev–Trinajstić information content (AvgIpc) is 2.83. The molecule has 1 heterocycles. The Morgan fingerprint density at radius 1 is 1.26 bits per heavy atom. The summed E-state index contributed by atoms with van der Waals surface area (Å²) < 4.78 is 10.3. The highest BCUT2D eigenvalue weighted by Crippen LogP contribution is 2.30. The van der Waals surface area contributed by atoms with Crippen LogP contribution in [0.3, 0.4) is 0 Å². The van der Waals surface area contributed by atoms with Crippen LogP contribution in [0.2, 0.25) is 0 Å². The van der Waals surface area contributed by atoms with Crippen LogP contribution in [0.15, 0.2) is 18.2 Å². The van der Waals surface area contributed by atoms with Gasteiger partial charge >= 0.3 is 0 Å². The standard InChI is InChI=1S/C12H16N4O3/c1-16-14-12(13-15-16)7-9(17)8-4-5-10(18-2)11(6-8)19-3/h4-6,9,17H,7H2,1-3H3. The molecular weight excluding hydrogens is 248 g/mol. The molecule has 1 N–H and O–H groups in total. The van der Waals surface area contributed by atoms with Gasteiger partial charge in [0.2, 0.25) is 0 Å². The van der Waals surface area contributed by atoms with E-state index in [1.165, 1.54) is 4.80 Å². The van der Waals surface area contributed by atoms with Gasteiger partial charge in [0.1, 0.15) is 0 Å². The molecule has 1 aromatic heterocycles. The second kappa shape index (κ2) is 5.66. The molecule has 0 saturated carbocycles. The summed E-state index contributed by atoms with van der Waals surface area (Å²) in [5.41, 5.74) is 0.713. The van der Waals surface area contributed by atoms with E-state index < -0.39 is 6.10 Å². The van der Waals surface area contributed by atoms with Crippen LogP contribution in [-0.2, 0) is 13.5 Å². The van der Waals surface area contributed by atoms with Crippen molar-refractivity contribution in [3.63, 3.8) is 0 Å². The Bertz CT molecular complexity index is 556. The van der Waals surface area contributed by atoms with E-state index in [1.54, 1.807) is 39.5 Å². The van der Waals surface area contributed by atoms with Crippen molar-refractivity contribution in [3.8, 4) is 11.5 Å². The predicted octanol–water partition coefficient (Wildman–Crippen LogP) is 0.503. The zero-order chi connectivity index (χ0) is 13.8. The summed E-state index contributed by atoms with van der Waals surface area (Å²) in [6.45, 7) is 0. The summed E-state index contributed by atoms with van der Waals surface area (Å²) in [5, 5.41) is 21.8. The van der Waals surface area contributed by atoms with Crippen molar-refractivity contribution in [2.75, 3.05) is 14.2 Å². The molecule has 0 radical (unpaired) electrons. The molecule has 102 valence electrons. The molecule has 0 saturated heterocycles. The lowest BCUT2D eigenvalue weighted by atomic mass is 10.1. The van der Waals surface area contributed by atoms with Gasteiger partial charge in [0.15, 0.2) is 17.3 Å². The number of nitrogens with zero attached hydrogens (tertiary/aromatic N) is 4.